The number of piperazine rings is 1. The quantitative estimate of drug-likeness (QED) is 0.749. The molecule has 3 aromatic rings. The third-order valence-corrected chi connectivity index (χ3v) is 5.75. The van der Waals surface area contributed by atoms with Crippen LogP contribution in [0.25, 0.3) is 10.9 Å². The number of likely N-dealkylation sites (N-methyl/N-ethyl adjacent to an activating group) is 1. The predicted octanol–water partition coefficient (Wildman–Crippen LogP) is 3.97. The second-order valence-electron chi connectivity index (χ2n) is 7.53. The SMILES string of the molecule is CCn1c(C(=O)Nc2ccc(N3CCN(C)CC3)cc2)c(C)c2ccccc21. The Hall–Kier alpha value is -2.79. The van der Waals surface area contributed by atoms with Crippen molar-refractivity contribution in [2.75, 3.05) is 43.4 Å². The number of carbonyl (C=O) groups is 1. The Kier molecular flexibility index (Phi) is 5.09. The highest BCUT2D eigenvalue weighted by Gasteiger charge is 2.19. The molecule has 0 aliphatic carbocycles. The first-order chi connectivity index (χ1) is 13.6. The van der Waals surface area contributed by atoms with Gasteiger partial charge in [0.1, 0.15) is 5.69 Å². The molecule has 1 aliphatic rings. The molecule has 146 valence electrons. The molecule has 0 bridgehead atoms. The number of nitrogens with one attached hydrogen (secondary N) is 1. The molecule has 0 spiro atoms. The van der Waals surface area contributed by atoms with E-state index in [0.29, 0.717) is 0 Å². The van der Waals surface area contributed by atoms with Gasteiger partial charge in [0.25, 0.3) is 5.91 Å². The first-order valence-electron chi connectivity index (χ1n) is 10.0. The van der Waals surface area contributed by atoms with Gasteiger partial charge < -0.3 is 19.7 Å². The van der Waals surface area contributed by atoms with E-state index in [-0.39, 0.29) is 5.91 Å². The number of rotatable bonds is 4. The van der Waals surface area contributed by atoms with Gasteiger partial charge in [0.2, 0.25) is 0 Å². The van der Waals surface area contributed by atoms with Gasteiger partial charge in [-0.3, -0.25) is 4.79 Å². The Bertz CT molecular complexity index is 982. The van der Waals surface area contributed by atoms with Crippen LogP contribution in [0.5, 0.6) is 0 Å². The highest BCUT2D eigenvalue weighted by Crippen LogP contribution is 2.27. The number of hydrogen-bond donors (Lipinski definition) is 1. The average Bonchev–Trinajstić information content (AvgIpc) is 3.01. The molecule has 1 N–H and O–H groups in total. The maximum atomic E-state index is 13.1. The van der Waals surface area contributed by atoms with Crippen molar-refractivity contribution in [1.82, 2.24) is 9.47 Å². The van der Waals surface area contributed by atoms with Crippen molar-refractivity contribution in [3.63, 3.8) is 0 Å². The minimum Gasteiger partial charge on any atom is -0.369 e. The second kappa shape index (κ2) is 7.68. The molecule has 1 amide bonds. The highest BCUT2D eigenvalue weighted by molar-refractivity contribution is 6.08. The number of para-hydroxylation sites is 1. The maximum absolute atomic E-state index is 13.1. The van der Waals surface area contributed by atoms with Crippen molar-refractivity contribution >= 4 is 28.2 Å². The molecule has 2 aromatic carbocycles. The van der Waals surface area contributed by atoms with Gasteiger partial charge in [0.05, 0.1) is 0 Å². The van der Waals surface area contributed by atoms with Crippen LogP contribution in [0, 0.1) is 6.92 Å². The fourth-order valence-electron chi connectivity index (χ4n) is 4.11. The lowest BCUT2D eigenvalue weighted by Gasteiger charge is -2.34. The van der Waals surface area contributed by atoms with Crippen LogP contribution < -0.4 is 10.2 Å². The minimum absolute atomic E-state index is 0.0529. The van der Waals surface area contributed by atoms with Gasteiger partial charge in [-0.25, -0.2) is 0 Å². The zero-order valence-electron chi connectivity index (χ0n) is 16.9. The molecule has 0 unspecified atom stereocenters. The summed E-state index contributed by atoms with van der Waals surface area (Å²) in [7, 11) is 2.16. The predicted molar refractivity (Wildman–Crippen MR) is 116 cm³/mol. The number of benzene rings is 2. The molecule has 0 atom stereocenters. The Morgan fingerprint density at radius 3 is 2.36 bits per heavy atom. The summed E-state index contributed by atoms with van der Waals surface area (Å²) in [6.07, 6.45) is 0. The van der Waals surface area contributed by atoms with Crippen LogP contribution in [0.4, 0.5) is 11.4 Å². The summed E-state index contributed by atoms with van der Waals surface area (Å²) in [5.74, 6) is -0.0529. The molecule has 1 aliphatic heterocycles. The summed E-state index contributed by atoms with van der Waals surface area (Å²) in [5, 5.41) is 4.22. The van der Waals surface area contributed by atoms with Crippen LogP contribution in [-0.4, -0.2) is 48.6 Å². The van der Waals surface area contributed by atoms with Crippen molar-refractivity contribution in [1.29, 1.82) is 0 Å². The summed E-state index contributed by atoms with van der Waals surface area (Å²) in [5.41, 5.74) is 4.93. The first kappa shape index (κ1) is 18.6. The standard InChI is InChI=1S/C23H28N4O/c1-4-27-21-8-6-5-7-20(21)17(2)22(27)23(28)24-18-9-11-19(12-10-18)26-15-13-25(3)14-16-26/h5-12H,4,13-16H2,1-3H3,(H,24,28). The van der Waals surface area contributed by atoms with Gasteiger partial charge >= 0.3 is 0 Å². The number of aryl methyl sites for hydroxylation is 2. The molecule has 1 fully saturated rings. The zero-order valence-corrected chi connectivity index (χ0v) is 16.9. The number of hydrogen-bond acceptors (Lipinski definition) is 3. The molecular formula is C23H28N4O. The van der Waals surface area contributed by atoms with Gasteiger partial charge in [-0.2, -0.15) is 0 Å². The summed E-state index contributed by atoms with van der Waals surface area (Å²) in [6, 6.07) is 16.4. The number of anilines is 2. The van der Waals surface area contributed by atoms with Crippen LogP contribution in [-0.2, 0) is 6.54 Å². The van der Waals surface area contributed by atoms with Crippen molar-refractivity contribution in [3.05, 3.63) is 59.8 Å². The smallest absolute Gasteiger partial charge is 0.272 e. The van der Waals surface area contributed by atoms with Gasteiger partial charge in [-0.05, 0) is 56.8 Å². The van der Waals surface area contributed by atoms with E-state index in [0.717, 1.165) is 60.6 Å². The molecule has 5 heteroatoms. The van der Waals surface area contributed by atoms with Gasteiger partial charge in [0, 0.05) is 55.0 Å². The molecule has 28 heavy (non-hydrogen) atoms. The lowest BCUT2D eigenvalue weighted by atomic mass is 10.1. The lowest BCUT2D eigenvalue weighted by molar-refractivity contribution is 0.101. The number of nitrogens with zero attached hydrogens (tertiary/aromatic N) is 3. The van der Waals surface area contributed by atoms with E-state index in [1.165, 1.54) is 5.69 Å². The van der Waals surface area contributed by atoms with Crippen molar-refractivity contribution < 1.29 is 4.79 Å². The van der Waals surface area contributed by atoms with Crippen LogP contribution in [0.1, 0.15) is 23.0 Å². The van der Waals surface area contributed by atoms with E-state index in [4.69, 9.17) is 0 Å². The van der Waals surface area contributed by atoms with Crippen LogP contribution in [0.15, 0.2) is 48.5 Å². The van der Waals surface area contributed by atoms with E-state index in [9.17, 15) is 4.79 Å². The first-order valence-corrected chi connectivity index (χ1v) is 10.0. The topological polar surface area (TPSA) is 40.5 Å². The monoisotopic (exact) mass is 376 g/mol. The summed E-state index contributed by atoms with van der Waals surface area (Å²) < 4.78 is 2.10. The van der Waals surface area contributed by atoms with Crippen molar-refractivity contribution in [3.8, 4) is 0 Å². The Labute approximate surface area is 166 Å². The van der Waals surface area contributed by atoms with E-state index >= 15 is 0 Å². The summed E-state index contributed by atoms with van der Waals surface area (Å²) in [6.45, 7) is 9.11. The van der Waals surface area contributed by atoms with Gasteiger partial charge in [-0.1, -0.05) is 18.2 Å². The Morgan fingerprint density at radius 1 is 1.00 bits per heavy atom. The highest BCUT2D eigenvalue weighted by atomic mass is 16.2. The third kappa shape index (κ3) is 3.38. The molecular weight excluding hydrogens is 348 g/mol. The molecule has 0 radical (unpaired) electrons. The summed E-state index contributed by atoms with van der Waals surface area (Å²) >= 11 is 0. The summed E-state index contributed by atoms with van der Waals surface area (Å²) in [4.78, 5) is 17.8. The average molecular weight is 377 g/mol. The molecule has 1 saturated heterocycles. The number of carbonyl (C=O) groups excluding carboxylic acids is 1. The Morgan fingerprint density at radius 2 is 1.68 bits per heavy atom. The maximum Gasteiger partial charge on any atom is 0.272 e. The van der Waals surface area contributed by atoms with E-state index in [2.05, 4.69) is 57.9 Å². The zero-order chi connectivity index (χ0) is 19.7. The van der Waals surface area contributed by atoms with Crippen LogP contribution in [0.3, 0.4) is 0 Å². The second-order valence-corrected chi connectivity index (χ2v) is 7.53. The largest absolute Gasteiger partial charge is 0.369 e. The molecule has 1 aromatic heterocycles. The fourth-order valence-corrected chi connectivity index (χ4v) is 4.11. The molecule has 4 rings (SSSR count). The minimum atomic E-state index is -0.0529. The van der Waals surface area contributed by atoms with E-state index < -0.39 is 0 Å². The van der Waals surface area contributed by atoms with E-state index in [1.807, 2.05) is 31.2 Å². The van der Waals surface area contributed by atoms with Crippen molar-refractivity contribution in [2.24, 2.45) is 0 Å². The van der Waals surface area contributed by atoms with Gasteiger partial charge in [0.15, 0.2) is 0 Å². The Balaban J connectivity index is 1.54. The number of amides is 1. The number of fused-ring (bicyclic) bond motifs is 1. The lowest BCUT2D eigenvalue weighted by Crippen LogP contribution is -2.44. The van der Waals surface area contributed by atoms with Crippen molar-refractivity contribution in [2.45, 2.75) is 20.4 Å². The normalized spacial score (nSPS) is 15.2. The molecule has 2 heterocycles. The van der Waals surface area contributed by atoms with Crippen LogP contribution in [0.2, 0.25) is 0 Å². The molecule has 0 saturated carbocycles. The fraction of sp³-hybridized carbons (Fsp3) is 0.348. The van der Waals surface area contributed by atoms with Crippen LogP contribution >= 0.6 is 0 Å². The van der Waals surface area contributed by atoms with E-state index in [1.54, 1.807) is 0 Å². The molecule has 5 nitrogen and oxygen atoms in total. The third-order valence-electron chi connectivity index (χ3n) is 5.75. The van der Waals surface area contributed by atoms with Gasteiger partial charge in [-0.15, -0.1) is 0 Å². The number of aromatic nitrogens is 1.